The first kappa shape index (κ1) is 13.0. The number of nitrogens with one attached hydrogen (secondary N) is 1. The number of carbonyl (C=O) groups excluding carboxylic acids is 3. The van der Waals surface area contributed by atoms with Gasteiger partial charge < -0.3 is 5.32 Å². The molecule has 1 amide bonds. The molecule has 0 radical (unpaired) electrons. The normalized spacial score (nSPS) is 12.4. The monoisotopic (exact) mass is 234 g/mol. The van der Waals surface area contributed by atoms with Gasteiger partial charge in [-0.25, -0.2) is 0 Å². The fourth-order valence-electron chi connectivity index (χ4n) is 1.24. The van der Waals surface area contributed by atoms with Gasteiger partial charge in [0.25, 0.3) is 11.7 Å². The van der Waals surface area contributed by atoms with Gasteiger partial charge in [0, 0.05) is 25.2 Å². The lowest BCUT2D eigenvalue weighted by molar-refractivity contribution is -0.118. The molecule has 2 heterocycles. The number of anilines is 1. The number of ketones is 2. The van der Waals surface area contributed by atoms with Crippen LogP contribution in [0, 0.1) is 0 Å². The topological polar surface area (TPSA) is 76.1 Å². The molecule has 0 fully saturated rings. The van der Waals surface area contributed by atoms with Crippen LogP contribution in [0.15, 0.2) is 18.5 Å². The first-order chi connectivity index (χ1) is 8.10. The van der Waals surface area contributed by atoms with Crippen LogP contribution < -0.4 is 5.32 Å². The molecule has 2 rings (SSSR count). The number of Topliss-reactive ketones (excluding diaryl/α,β-unsaturated/α-hetero) is 2. The maximum absolute atomic E-state index is 10.9. The van der Waals surface area contributed by atoms with Gasteiger partial charge in [-0.3, -0.25) is 19.4 Å². The molecule has 0 spiro atoms. The molecule has 1 aliphatic heterocycles. The van der Waals surface area contributed by atoms with Crippen LogP contribution in [0.1, 0.15) is 37.0 Å². The predicted octanol–water partition coefficient (Wildman–Crippen LogP) is 1.59. The zero-order chi connectivity index (χ0) is 12.8. The van der Waals surface area contributed by atoms with E-state index in [1.807, 2.05) is 13.8 Å². The number of aromatic nitrogens is 1. The van der Waals surface area contributed by atoms with Gasteiger partial charge in [0.15, 0.2) is 0 Å². The van der Waals surface area contributed by atoms with E-state index in [-0.39, 0.29) is 0 Å². The number of carbonyl (C=O) groups is 3. The molecule has 0 saturated carbocycles. The number of rotatable bonds is 2. The van der Waals surface area contributed by atoms with Gasteiger partial charge in [-0.15, -0.1) is 0 Å². The number of fused-ring (bicyclic) bond motifs is 1. The Morgan fingerprint density at radius 1 is 1.29 bits per heavy atom. The minimum atomic E-state index is -0.576. The SMILES string of the molecule is CCC(=O)CC.O=C1Nc2ccncc2C1=O. The molecule has 0 aliphatic carbocycles. The van der Waals surface area contributed by atoms with Crippen molar-refractivity contribution in [1.29, 1.82) is 0 Å². The van der Waals surface area contributed by atoms with Crippen LogP contribution in [0.25, 0.3) is 0 Å². The molecule has 1 aromatic rings. The molecule has 90 valence electrons. The summed E-state index contributed by atoms with van der Waals surface area (Å²) >= 11 is 0. The molecule has 1 aliphatic rings. The number of pyridine rings is 1. The second kappa shape index (κ2) is 5.89. The first-order valence-corrected chi connectivity index (χ1v) is 5.41. The second-order valence-corrected chi connectivity index (χ2v) is 3.45. The largest absolute Gasteiger partial charge is 0.318 e. The number of hydrogen-bond donors (Lipinski definition) is 1. The van der Waals surface area contributed by atoms with E-state index < -0.39 is 11.7 Å². The smallest absolute Gasteiger partial charge is 0.296 e. The molecule has 0 bridgehead atoms. The van der Waals surface area contributed by atoms with Gasteiger partial charge in [0.2, 0.25) is 0 Å². The van der Waals surface area contributed by atoms with E-state index in [0.717, 1.165) is 0 Å². The number of hydrogen-bond acceptors (Lipinski definition) is 4. The van der Waals surface area contributed by atoms with Gasteiger partial charge >= 0.3 is 0 Å². The summed E-state index contributed by atoms with van der Waals surface area (Å²) in [6.07, 6.45) is 4.29. The molecule has 5 nitrogen and oxygen atoms in total. The standard InChI is InChI=1S/C7H4N2O2.C5H10O/c10-6-4-3-8-2-1-5(4)9-7(6)11;1-3-5(6)4-2/h1-3H,(H,9,10,11);3-4H2,1-2H3. The van der Waals surface area contributed by atoms with Crippen LogP contribution in [0.5, 0.6) is 0 Å². The van der Waals surface area contributed by atoms with E-state index in [2.05, 4.69) is 10.3 Å². The second-order valence-electron chi connectivity index (χ2n) is 3.45. The third-order valence-corrected chi connectivity index (χ3v) is 2.31. The Morgan fingerprint density at radius 2 is 1.94 bits per heavy atom. The van der Waals surface area contributed by atoms with Crippen molar-refractivity contribution < 1.29 is 14.4 Å². The highest BCUT2D eigenvalue weighted by molar-refractivity contribution is 6.51. The summed E-state index contributed by atoms with van der Waals surface area (Å²) in [5, 5.41) is 2.42. The van der Waals surface area contributed by atoms with Crippen LogP contribution in [-0.4, -0.2) is 22.5 Å². The van der Waals surface area contributed by atoms with Crippen LogP contribution in [0.3, 0.4) is 0 Å². The van der Waals surface area contributed by atoms with Gasteiger partial charge in [0.1, 0.15) is 5.78 Å². The zero-order valence-electron chi connectivity index (χ0n) is 9.82. The highest BCUT2D eigenvalue weighted by Crippen LogP contribution is 2.19. The van der Waals surface area contributed by atoms with Crippen molar-refractivity contribution in [2.24, 2.45) is 0 Å². The highest BCUT2D eigenvalue weighted by Gasteiger charge is 2.27. The molecule has 1 N–H and O–H groups in total. The van der Waals surface area contributed by atoms with Crippen molar-refractivity contribution >= 4 is 23.2 Å². The molecule has 0 atom stereocenters. The van der Waals surface area contributed by atoms with E-state index in [9.17, 15) is 14.4 Å². The Kier molecular flexibility index (Phi) is 4.51. The van der Waals surface area contributed by atoms with E-state index in [4.69, 9.17) is 0 Å². The fourth-order valence-corrected chi connectivity index (χ4v) is 1.24. The van der Waals surface area contributed by atoms with E-state index in [1.54, 1.807) is 6.07 Å². The minimum absolute atomic E-state index is 0.343. The maximum atomic E-state index is 10.9. The molecular weight excluding hydrogens is 220 g/mol. The average molecular weight is 234 g/mol. The maximum Gasteiger partial charge on any atom is 0.296 e. The molecular formula is C12H14N2O3. The molecule has 17 heavy (non-hydrogen) atoms. The van der Waals surface area contributed by atoms with Crippen molar-refractivity contribution in [3.05, 3.63) is 24.0 Å². The Labute approximate surface area is 99.2 Å². The molecule has 0 aromatic carbocycles. The number of nitrogens with zero attached hydrogens (tertiary/aromatic N) is 1. The van der Waals surface area contributed by atoms with Crippen LogP contribution in [-0.2, 0) is 9.59 Å². The summed E-state index contributed by atoms with van der Waals surface area (Å²) in [7, 11) is 0. The first-order valence-electron chi connectivity index (χ1n) is 5.41. The lowest BCUT2D eigenvalue weighted by Gasteiger charge is -1.90. The van der Waals surface area contributed by atoms with Crippen LogP contribution >= 0.6 is 0 Å². The summed E-state index contributed by atoms with van der Waals surface area (Å²) in [6, 6.07) is 1.60. The summed E-state index contributed by atoms with van der Waals surface area (Å²) < 4.78 is 0. The summed E-state index contributed by atoms with van der Waals surface area (Å²) in [5.74, 6) is -0.740. The van der Waals surface area contributed by atoms with Gasteiger partial charge in [0.05, 0.1) is 11.3 Å². The van der Waals surface area contributed by atoms with Gasteiger partial charge in [-0.2, -0.15) is 0 Å². The van der Waals surface area contributed by atoms with Crippen molar-refractivity contribution in [1.82, 2.24) is 4.98 Å². The minimum Gasteiger partial charge on any atom is -0.318 e. The molecule has 1 aromatic heterocycles. The zero-order valence-corrected chi connectivity index (χ0v) is 9.82. The van der Waals surface area contributed by atoms with Crippen molar-refractivity contribution in [2.45, 2.75) is 26.7 Å². The summed E-state index contributed by atoms with van der Waals surface area (Å²) in [4.78, 5) is 35.6. The molecule has 0 saturated heterocycles. The Bertz CT molecular complexity index is 449. The summed E-state index contributed by atoms with van der Waals surface area (Å²) in [5.41, 5.74) is 0.910. The average Bonchev–Trinajstić information content (AvgIpc) is 2.65. The molecule has 0 unspecified atom stereocenters. The van der Waals surface area contributed by atoms with Crippen molar-refractivity contribution in [3.63, 3.8) is 0 Å². The third kappa shape index (κ3) is 3.21. The third-order valence-electron chi connectivity index (χ3n) is 2.31. The van der Waals surface area contributed by atoms with Gasteiger partial charge in [-0.05, 0) is 6.07 Å². The van der Waals surface area contributed by atoms with E-state index in [0.29, 0.717) is 29.9 Å². The predicted molar refractivity (Wildman–Crippen MR) is 62.8 cm³/mol. The Balaban J connectivity index is 0.000000209. The Morgan fingerprint density at radius 3 is 2.41 bits per heavy atom. The van der Waals surface area contributed by atoms with Crippen molar-refractivity contribution in [3.8, 4) is 0 Å². The Hall–Kier alpha value is -2.04. The highest BCUT2D eigenvalue weighted by atomic mass is 16.2. The lowest BCUT2D eigenvalue weighted by Crippen LogP contribution is -2.12. The summed E-state index contributed by atoms with van der Waals surface area (Å²) in [6.45, 7) is 3.76. The van der Waals surface area contributed by atoms with Crippen molar-refractivity contribution in [2.75, 3.05) is 5.32 Å². The lowest BCUT2D eigenvalue weighted by atomic mass is 10.2. The number of amides is 1. The van der Waals surface area contributed by atoms with Gasteiger partial charge in [-0.1, -0.05) is 13.8 Å². The fraction of sp³-hybridized carbons (Fsp3) is 0.333. The van der Waals surface area contributed by atoms with Crippen LogP contribution in [0.4, 0.5) is 5.69 Å². The van der Waals surface area contributed by atoms with E-state index in [1.165, 1.54) is 12.4 Å². The van der Waals surface area contributed by atoms with Crippen LogP contribution in [0.2, 0.25) is 0 Å². The van der Waals surface area contributed by atoms with E-state index >= 15 is 0 Å². The molecule has 5 heteroatoms. The quantitative estimate of drug-likeness (QED) is 0.788.